The number of aromatic amines is 1. The van der Waals surface area contributed by atoms with Gasteiger partial charge >= 0.3 is 0 Å². The smallest absolute Gasteiger partial charge is 0.259 e. The molecule has 0 spiro atoms. The second-order valence-corrected chi connectivity index (χ2v) is 11.2. The van der Waals surface area contributed by atoms with Crippen LogP contribution in [0.1, 0.15) is 48.4 Å². The predicted octanol–water partition coefficient (Wildman–Crippen LogP) is 4.92. The number of methoxy groups -OCH3 is 1. The van der Waals surface area contributed by atoms with Crippen LogP contribution in [0.5, 0.6) is 5.75 Å². The summed E-state index contributed by atoms with van der Waals surface area (Å²) in [5, 5.41) is 10.0. The van der Waals surface area contributed by atoms with Gasteiger partial charge in [0.05, 0.1) is 23.8 Å². The summed E-state index contributed by atoms with van der Waals surface area (Å²) >= 11 is 3.07. The van der Waals surface area contributed by atoms with E-state index in [9.17, 15) is 9.18 Å². The standard InChI is InChI=1S/C25H28FN5O3S2/c1-14-8-9-16-19(10-14)36-24-22(16)23(32)27-20(28-24)13-35-25-30-29-21(31(25)15(2)11-33-3)12-34-18-7-5-4-6-17(18)26/h4-7,14-15H,8-13H2,1-3H3,(H,27,28,32)/t14-,15+/m0/s1. The lowest BCUT2D eigenvalue weighted by molar-refractivity contribution is 0.154. The van der Waals surface area contributed by atoms with Crippen molar-refractivity contribution in [1.82, 2.24) is 24.7 Å². The van der Waals surface area contributed by atoms with Gasteiger partial charge in [-0.3, -0.25) is 9.36 Å². The number of aromatic nitrogens is 5. The molecule has 1 aromatic carbocycles. The number of para-hydroxylation sites is 1. The minimum atomic E-state index is -0.432. The summed E-state index contributed by atoms with van der Waals surface area (Å²) in [6.45, 7) is 4.75. The lowest BCUT2D eigenvalue weighted by Gasteiger charge is -2.17. The van der Waals surface area contributed by atoms with Gasteiger partial charge in [-0.25, -0.2) is 9.37 Å². The number of nitrogens with one attached hydrogen (secondary N) is 1. The van der Waals surface area contributed by atoms with Gasteiger partial charge in [-0.1, -0.05) is 30.8 Å². The molecule has 0 fully saturated rings. The Morgan fingerprint density at radius 3 is 2.97 bits per heavy atom. The van der Waals surface area contributed by atoms with Gasteiger partial charge in [0, 0.05) is 12.0 Å². The molecule has 8 nitrogen and oxygen atoms in total. The van der Waals surface area contributed by atoms with E-state index in [0.29, 0.717) is 35.1 Å². The number of hydrogen-bond acceptors (Lipinski definition) is 8. The molecule has 1 aliphatic carbocycles. The molecule has 11 heteroatoms. The minimum absolute atomic E-state index is 0.0583. The molecule has 190 valence electrons. The molecule has 3 aromatic heterocycles. The third-order valence-electron chi connectivity index (χ3n) is 6.33. The average Bonchev–Trinajstić information content (AvgIpc) is 3.43. The Morgan fingerprint density at radius 2 is 2.17 bits per heavy atom. The first-order valence-corrected chi connectivity index (χ1v) is 13.7. The molecular formula is C25H28FN5O3S2. The van der Waals surface area contributed by atoms with Gasteiger partial charge in [-0.05, 0) is 49.8 Å². The van der Waals surface area contributed by atoms with Crippen LogP contribution < -0.4 is 10.3 Å². The lowest BCUT2D eigenvalue weighted by Crippen LogP contribution is -2.17. The van der Waals surface area contributed by atoms with Gasteiger partial charge in [-0.15, -0.1) is 21.5 Å². The first-order valence-electron chi connectivity index (χ1n) is 11.9. The number of nitrogens with zero attached hydrogens (tertiary/aromatic N) is 4. The first-order chi connectivity index (χ1) is 17.4. The normalized spacial score (nSPS) is 16.3. The molecule has 1 N–H and O–H groups in total. The third-order valence-corrected chi connectivity index (χ3v) is 8.43. The van der Waals surface area contributed by atoms with Gasteiger partial charge in [0.15, 0.2) is 22.5 Å². The molecule has 0 saturated carbocycles. The number of benzene rings is 1. The number of fused-ring (bicyclic) bond motifs is 3. The van der Waals surface area contributed by atoms with Gasteiger partial charge in [-0.2, -0.15) is 0 Å². The monoisotopic (exact) mass is 529 g/mol. The van der Waals surface area contributed by atoms with E-state index in [1.807, 2.05) is 11.5 Å². The number of aryl methyl sites for hydroxylation is 1. The Balaban J connectivity index is 1.37. The number of ether oxygens (including phenoxy) is 2. The fraction of sp³-hybridized carbons (Fsp3) is 0.440. The maximum atomic E-state index is 14.0. The van der Waals surface area contributed by atoms with Crippen LogP contribution in [0.4, 0.5) is 4.39 Å². The van der Waals surface area contributed by atoms with Crippen LogP contribution in [0.25, 0.3) is 10.2 Å². The van der Waals surface area contributed by atoms with Crippen molar-refractivity contribution in [2.45, 2.75) is 56.7 Å². The number of thioether (sulfide) groups is 1. The van der Waals surface area contributed by atoms with Crippen LogP contribution in [0.2, 0.25) is 0 Å². The molecule has 0 radical (unpaired) electrons. The van der Waals surface area contributed by atoms with E-state index < -0.39 is 5.82 Å². The average molecular weight is 530 g/mol. The molecule has 0 aliphatic heterocycles. The van der Waals surface area contributed by atoms with Crippen LogP contribution in [-0.2, 0) is 29.9 Å². The van der Waals surface area contributed by atoms with E-state index in [-0.39, 0.29) is 24.0 Å². The summed E-state index contributed by atoms with van der Waals surface area (Å²) in [6.07, 6.45) is 3.06. The summed E-state index contributed by atoms with van der Waals surface area (Å²) in [5.74, 6) is 1.94. The minimum Gasteiger partial charge on any atom is -0.483 e. The summed E-state index contributed by atoms with van der Waals surface area (Å²) in [6, 6.07) is 6.18. The summed E-state index contributed by atoms with van der Waals surface area (Å²) in [7, 11) is 1.63. The van der Waals surface area contributed by atoms with E-state index >= 15 is 0 Å². The van der Waals surface area contributed by atoms with E-state index in [0.717, 1.165) is 29.5 Å². The Bertz CT molecular complexity index is 1430. The number of hydrogen-bond donors (Lipinski definition) is 1. The Hall–Kier alpha value is -2.76. The first kappa shape index (κ1) is 24.9. The SMILES string of the molecule is COC[C@@H](C)n1c(COc2ccccc2F)nnc1SCc1nc2sc3c(c2c(=O)[nH]1)CC[C@H](C)C3. The van der Waals surface area contributed by atoms with Crippen molar-refractivity contribution in [3.05, 3.63) is 62.5 Å². The molecule has 0 unspecified atom stereocenters. The number of thiophene rings is 1. The maximum Gasteiger partial charge on any atom is 0.259 e. The van der Waals surface area contributed by atoms with Crippen molar-refractivity contribution in [3.63, 3.8) is 0 Å². The fourth-order valence-electron chi connectivity index (χ4n) is 4.56. The zero-order valence-corrected chi connectivity index (χ0v) is 22.0. The fourth-order valence-corrected chi connectivity index (χ4v) is 6.89. The predicted molar refractivity (Wildman–Crippen MR) is 138 cm³/mol. The molecule has 3 heterocycles. The highest BCUT2D eigenvalue weighted by Crippen LogP contribution is 2.36. The number of H-pyrrole nitrogens is 1. The zero-order chi connectivity index (χ0) is 25.2. The Kier molecular flexibility index (Phi) is 7.40. The van der Waals surface area contributed by atoms with Crippen LogP contribution in [0.15, 0.2) is 34.2 Å². The van der Waals surface area contributed by atoms with Crippen LogP contribution in [0, 0.1) is 11.7 Å². The Labute approximate surface area is 216 Å². The summed E-state index contributed by atoms with van der Waals surface area (Å²) in [4.78, 5) is 22.8. The zero-order valence-electron chi connectivity index (χ0n) is 20.4. The van der Waals surface area contributed by atoms with Crippen molar-refractivity contribution in [2.24, 2.45) is 5.92 Å². The highest BCUT2D eigenvalue weighted by molar-refractivity contribution is 7.98. The van der Waals surface area contributed by atoms with Crippen molar-refractivity contribution >= 4 is 33.3 Å². The van der Waals surface area contributed by atoms with E-state index in [1.54, 1.807) is 36.6 Å². The van der Waals surface area contributed by atoms with Crippen molar-refractivity contribution < 1.29 is 13.9 Å². The molecule has 1 aliphatic rings. The summed E-state index contributed by atoms with van der Waals surface area (Å²) in [5.41, 5.74) is 1.10. The van der Waals surface area contributed by atoms with E-state index in [4.69, 9.17) is 14.5 Å². The molecule has 0 amide bonds. The summed E-state index contributed by atoms with van der Waals surface area (Å²) < 4.78 is 26.9. The highest BCUT2D eigenvalue weighted by atomic mass is 32.2. The largest absolute Gasteiger partial charge is 0.483 e. The second kappa shape index (κ2) is 10.7. The molecular weight excluding hydrogens is 501 g/mol. The molecule has 36 heavy (non-hydrogen) atoms. The maximum absolute atomic E-state index is 14.0. The van der Waals surface area contributed by atoms with Crippen molar-refractivity contribution in [1.29, 1.82) is 0 Å². The van der Waals surface area contributed by atoms with Crippen molar-refractivity contribution in [2.75, 3.05) is 13.7 Å². The van der Waals surface area contributed by atoms with Gasteiger partial charge in [0.1, 0.15) is 17.3 Å². The van der Waals surface area contributed by atoms with Crippen LogP contribution in [0.3, 0.4) is 0 Å². The topological polar surface area (TPSA) is 94.9 Å². The third kappa shape index (κ3) is 5.05. The van der Waals surface area contributed by atoms with Crippen LogP contribution >= 0.6 is 23.1 Å². The molecule has 0 bridgehead atoms. The molecule has 5 rings (SSSR count). The number of rotatable bonds is 9. The van der Waals surface area contributed by atoms with Crippen molar-refractivity contribution in [3.8, 4) is 5.75 Å². The van der Waals surface area contributed by atoms with Crippen LogP contribution in [-0.4, -0.2) is 38.4 Å². The molecule has 2 atom stereocenters. The second-order valence-electron chi connectivity index (χ2n) is 9.13. The highest BCUT2D eigenvalue weighted by Gasteiger charge is 2.24. The van der Waals surface area contributed by atoms with Gasteiger partial charge in [0.2, 0.25) is 0 Å². The van der Waals surface area contributed by atoms with Gasteiger partial charge in [0.25, 0.3) is 5.56 Å². The van der Waals surface area contributed by atoms with Gasteiger partial charge < -0.3 is 14.5 Å². The van der Waals surface area contributed by atoms with E-state index in [2.05, 4.69) is 22.1 Å². The molecule has 0 saturated heterocycles. The van der Waals surface area contributed by atoms with E-state index in [1.165, 1.54) is 28.3 Å². The molecule has 4 aromatic rings. The lowest BCUT2D eigenvalue weighted by atomic mass is 9.89. The Morgan fingerprint density at radius 1 is 1.33 bits per heavy atom. The quantitative estimate of drug-likeness (QED) is 0.308. The number of halogens is 1.